The molecule has 0 amide bonds. The molecule has 0 aromatic rings. The second-order valence-electron chi connectivity index (χ2n) is 4.58. The van der Waals surface area contributed by atoms with Gasteiger partial charge in [-0.3, -0.25) is 0 Å². The van der Waals surface area contributed by atoms with Gasteiger partial charge in [0.1, 0.15) is 0 Å². The lowest BCUT2D eigenvalue weighted by Crippen LogP contribution is -2.33. The fraction of sp³-hybridized carbons (Fsp3) is 0.917. The maximum Gasteiger partial charge on any atom is 0.0962 e. The number of hydrogen-bond acceptors (Lipinski definition) is 4. The molecule has 0 aliphatic carbocycles. The topological polar surface area (TPSA) is 48.3 Å². The zero-order valence-electron chi connectivity index (χ0n) is 10.4. The molecule has 16 heavy (non-hydrogen) atoms. The molecule has 4 heteroatoms. The molecule has 0 spiro atoms. The van der Waals surface area contributed by atoms with Crippen LogP contribution in [0.25, 0.3) is 0 Å². The first-order valence-electron chi connectivity index (χ1n) is 6.09. The summed E-state index contributed by atoms with van der Waals surface area (Å²) in [5, 5.41) is 11.8. The summed E-state index contributed by atoms with van der Waals surface area (Å²) in [7, 11) is 3.98. The second kappa shape index (κ2) is 7.61. The van der Waals surface area contributed by atoms with Gasteiger partial charge in [0.2, 0.25) is 0 Å². The van der Waals surface area contributed by atoms with Crippen molar-refractivity contribution in [2.24, 2.45) is 5.92 Å². The lowest BCUT2D eigenvalue weighted by atomic mass is 10.00. The Morgan fingerprint density at radius 3 is 2.75 bits per heavy atom. The number of nitrogens with zero attached hydrogens (tertiary/aromatic N) is 2. The molecular formula is C12H23N3O. The van der Waals surface area contributed by atoms with E-state index >= 15 is 0 Å². The molecule has 0 aromatic carbocycles. The lowest BCUT2D eigenvalue weighted by Gasteiger charge is -2.27. The third-order valence-electron chi connectivity index (χ3n) is 3.21. The average molecular weight is 225 g/mol. The Hall–Kier alpha value is -0.630. The number of nitrogens with one attached hydrogen (secondary N) is 1. The summed E-state index contributed by atoms with van der Waals surface area (Å²) in [5.74, 6) is 0.772. The van der Waals surface area contributed by atoms with Crippen LogP contribution < -0.4 is 5.32 Å². The van der Waals surface area contributed by atoms with E-state index in [1.54, 1.807) is 0 Å². The summed E-state index contributed by atoms with van der Waals surface area (Å²) in [4.78, 5) is 2.33. The minimum absolute atomic E-state index is 0.0165. The zero-order chi connectivity index (χ0) is 11.8. The van der Waals surface area contributed by atoms with Crippen molar-refractivity contribution < 1.29 is 4.74 Å². The van der Waals surface area contributed by atoms with Crippen molar-refractivity contribution >= 4 is 0 Å². The molecule has 0 saturated carbocycles. The van der Waals surface area contributed by atoms with E-state index in [1.807, 2.05) is 7.05 Å². The highest BCUT2D eigenvalue weighted by Crippen LogP contribution is 2.15. The van der Waals surface area contributed by atoms with Crippen molar-refractivity contribution in [1.29, 1.82) is 5.26 Å². The number of hydrogen-bond donors (Lipinski definition) is 1. The monoisotopic (exact) mass is 225 g/mol. The highest BCUT2D eigenvalue weighted by Gasteiger charge is 2.16. The fourth-order valence-corrected chi connectivity index (χ4v) is 2.08. The first kappa shape index (κ1) is 13.4. The standard InChI is InChI=1S/C12H23N3O/c1-14-12(9-13)3-6-15(2)10-11-4-7-16-8-5-11/h11-12,14H,3-8,10H2,1-2H3. The normalized spacial score (nSPS) is 19.6. The van der Waals surface area contributed by atoms with E-state index in [-0.39, 0.29) is 6.04 Å². The van der Waals surface area contributed by atoms with E-state index in [1.165, 1.54) is 12.8 Å². The van der Waals surface area contributed by atoms with Gasteiger partial charge in [0.05, 0.1) is 12.1 Å². The quantitative estimate of drug-likeness (QED) is 0.728. The maximum absolute atomic E-state index is 8.81. The summed E-state index contributed by atoms with van der Waals surface area (Å²) in [6.07, 6.45) is 3.25. The molecule has 1 fully saturated rings. The smallest absolute Gasteiger partial charge is 0.0962 e. The zero-order valence-corrected chi connectivity index (χ0v) is 10.4. The third kappa shape index (κ3) is 4.93. The minimum Gasteiger partial charge on any atom is -0.381 e. The highest BCUT2D eigenvalue weighted by molar-refractivity contribution is 4.88. The predicted octanol–water partition coefficient (Wildman–Crippen LogP) is 0.846. The van der Waals surface area contributed by atoms with E-state index in [0.717, 1.165) is 38.6 Å². The molecule has 1 aliphatic rings. The fourth-order valence-electron chi connectivity index (χ4n) is 2.08. The summed E-state index contributed by atoms with van der Waals surface area (Å²) < 4.78 is 5.34. The molecular weight excluding hydrogens is 202 g/mol. The van der Waals surface area contributed by atoms with E-state index < -0.39 is 0 Å². The molecule has 1 unspecified atom stereocenters. The Morgan fingerprint density at radius 2 is 2.19 bits per heavy atom. The van der Waals surface area contributed by atoms with Crippen molar-refractivity contribution in [3.05, 3.63) is 0 Å². The minimum atomic E-state index is -0.0165. The molecule has 0 aromatic heterocycles. The Kier molecular flexibility index (Phi) is 6.39. The van der Waals surface area contributed by atoms with Gasteiger partial charge >= 0.3 is 0 Å². The largest absolute Gasteiger partial charge is 0.381 e. The van der Waals surface area contributed by atoms with E-state index in [4.69, 9.17) is 10.00 Å². The van der Waals surface area contributed by atoms with Gasteiger partial charge in [0, 0.05) is 26.3 Å². The van der Waals surface area contributed by atoms with Gasteiger partial charge in [0.25, 0.3) is 0 Å². The first-order valence-corrected chi connectivity index (χ1v) is 6.09. The van der Waals surface area contributed by atoms with Crippen LogP contribution in [0.15, 0.2) is 0 Å². The van der Waals surface area contributed by atoms with Gasteiger partial charge in [-0.2, -0.15) is 5.26 Å². The Morgan fingerprint density at radius 1 is 1.50 bits per heavy atom. The Balaban J connectivity index is 2.14. The van der Waals surface area contributed by atoms with Crippen molar-refractivity contribution in [3.63, 3.8) is 0 Å². The summed E-state index contributed by atoms with van der Waals surface area (Å²) >= 11 is 0. The van der Waals surface area contributed by atoms with Crippen molar-refractivity contribution in [3.8, 4) is 6.07 Å². The Bertz CT molecular complexity index is 221. The number of nitriles is 1. The molecule has 1 saturated heterocycles. The van der Waals surface area contributed by atoms with Crippen molar-refractivity contribution in [1.82, 2.24) is 10.2 Å². The van der Waals surface area contributed by atoms with Crippen LogP contribution in [-0.2, 0) is 4.74 Å². The second-order valence-corrected chi connectivity index (χ2v) is 4.58. The molecule has 4 nitrogen and oxygen atoms in total. The van der Waals surface area contributed by atoms with Crippen LogP contribution in [0, 0.1) is 17.2 Å². The third-order valence-corrected chi connectivity index (χ3v) is 3.21. The van der Waals surface area contributed by atoms with Crippen LogP contribution in [0.2, 0.25) is 0 Å². The van der Waals surface area contributed by atoms with E-state index in [9.17, 15) is 0 Å². The van der Waals surface area contributed by atoms with Crippen LogP contribution in [0.3, 0.4) is 0 Å². The molecule has 0 bridgehead atoms. The van der Waals surface area contributed by atoms with Gasteiger partial charge in [-0.15, -0.1) is 0 Å². The molecule has 1 N–H and O–H groups in total. The SMILES string of the molecule is CNC(C#N)CCN(C)CC1CCOCC1. The van der Waals surface area contributed by atoms with Gasteiger partial charge in [-0.05, 0) is 39.3 Å². The summed E-state index contributed by atoms with van der Waals surface area (Å²) in [6, 6.07) is 2.24. The molecule has 1 rings (SSSR count). The van der Waals surface area contributed by atoms with Crippen LogP contribution in [0.4, 0.5) is 0 Å². The molecule has 92 valence electrons. The first-order chi connectivity index (χ1) is 7.76. The summed E-state index contributed by atoms with van der Waals surface area (Å²) in [5.41, 5.74) is 0. The van der Waals surface area contributed by atoms with Gasteiger partial charge < -0.3 is 15.0 Å². The van der Waals surface area contributed by atoms with Gasteiger partial charge in [0.15, 0.2) is 0 Å². The van der Waals surface area contributed by atoms with E-state index in [2.05, 4.69) is 23.3 Å². The molecule has 1 aliphatic heterocycles. The predicted molar refractivity (Wildman–Crippen MR) is 64.1 cm³/mol. The molecule has 1 heterocycles. The summed E-state index contributed by atoms with van der Waals surface area (Å²) in [6.45, 7) is 3.94. The van der Waals surface area contributed by atoms with Crippen LogP contribution in [0.5, 0.6) is 0 Å². The van der Waals surface area contributed by atoms with Gasteiger partial charge in [-0.25, -0.2) is 0 Å². The average Bonchev–Trinajstić information content (AvgIpc) is 2.31. The number of ether oxygens (including phenoxy) is 1. The van der Waals surface area contributed by atoms with E-state index in [0.29, 0.717) is 0 Å². The van der Waals surface area contributed by atoms with Gasteiger partial charge in [-0.1, -0.05) is 0 Å². The van der Waals surface area contributed by atoms with Crippen LogP contribution >= 0.6 is 0 Å². The Labute approximate surface area is 98.6 Å². The van der Waals surface area contributed by atoms with Crippen molar-refractivity contribution in [2.45, 2.75) is 25.3 Å². The maximum atomic E-state index is 8.81. The molecule has 0 radical (unpaired) electrons. The highest BCUT2D eigenvalue weighted by atomic mass is 16.5. The van der Waals surface area contributed by atoms with Crippen LogP contribution in [-0.4, -0.2) is 51.3 Å². The lowest BCUT2D eigenvalue weighted by molar-refractivity contribution is 0.0555. The number of rotatable bonds is 6. The molecule has 1 atom stereocenters. The van der Waals surface area contributed by atoms with Crippen molar-refractivity contribution in [2.75, 3.05) is 40.4 Å². The van der Waals surface area contributed by atoms with Crippen LogP contribution in [0.1, 0.15) is 19.3 Å².